The summed E-state index contributed by atoms with van der Waals surface area (Å²) in [6, 6.07) is 8.64. The van der Waals surface area contributed by atoms with Gasteiger partial charge in [-0.15, -0.1) is 0 Å². The molecule has 0 radical (unpaired) electrons. The van der Waals surface area contributed by atoms with Crippen molar-refractivity contribution in [3.05, 3.63) is 35.4 Å². The Kier molecular flexibility index (Phi) is 3.42. The zero-order chi connectivity index (χ0) is 13.3. The van der Waals surface area contributed by atoms with Gasteiger partial charge in [0, 0.05) is 0 Å². The highest BCUT2D eigenvalue weighted by molar-refractivity contribution is 5.28. The Hall–Kier alpha value is -0.820. The van der Waals surface area contributed by atoms with Crippen LogP contribution in [0.25, 0.3) is 0 Å². The number of benzene rings is 1. The molecule has 3 rings (SSSR count). The first-order valence-corrected chi connectivity index (χ1v) is 7.98. The van der Waals surface area contributed by atoms with E-state index in [9.17, 15) is 5.11 Å². The van der Waals surface area contributed by atoms with Crippen LogP contribution < -0.4 is 0 Å². The molecule has 1 heteroatoms. The fourth-order valence-corrected chi connectivity index (χ4v) is 4.16. The van der Waals surface area contributed by atoms with Crippen LogP contribution in [-0.4, -0.2) is 5.11 Å². The van der Waals surface area contributed by atoms with Gasteiger partial charge in [-0.05, 0) is 61.5 Å². The number of rotatable bonds is 2. The van der Waals surface area contributed by atoms with E-state index in [1.165, 1.54) is 44.1 Å². The maximum atomic E-state index is 10.9. The van der Waals surface area contributed by atoms with Crippen LogP contribution in [0.3, 0.4) is 0 Å². The third kappa shape index (κ3) is 2.45. The smallest absolute Gasteiger partial charge is 0.0897 e. The van der Waals surface area contributed by atoms with E-state index in [1.54, 1.807) is 0 Å². The van der Waals surface area contributed by atoms with Gasteiger partial charge < -0.3 is 5.11 Å². The van der Waals surface area contributed by atoms with Crippen molar-refractivity contribution in [1.82, 2.24) is 0 Å². The average Bonchev–Trinajstić information content (AvgIpc) is 2.92. The Morgan fingerprint density at radius 3 is 2.00 bits per heavy atom. The van der Waals surface area contributed by atoms with Crippen molar-refractivity contribution >= 4 is 0 Å². The second kappa shape index (κ2) is 4.94. The lowest BCUT2D eigenvalue weighted by Crippen LogP contribution is -2.35. The summed E-state index contributed by atoms with van der Waals surface area (Å²) in [6.07, 6.45) is 11.0. The number of aliphatic hydroxyl groups is 1. The molecule has 0 heterocycles. The molecule has 0 atom stereocenters. The maximum Gasteiger partial charge on any atom is 0.0897 e. The van der Waals surface area contributed by atoms with E-state index in [4.69, 9.17) is 0 Å². The summed E-state index contributed by atoms with van der Waals surface area (Å²) in [5.41, 5.74) is 2.53. The fraction of sp³-hybridized carbons (Fsp3) is 0.667. The van der Waals surface area contributed by atoms with Gasteiger partial charge in [-0.1, -0.05) is 44.0 Å². The Morgan fingerprint density at radius 1 is 0.895 bits per heavy atom. The van der Waals surface area contributed by atoms with Crippen molar-refractivity contribution in [1.29, 1.82) is 0 Å². The van der Waals surface area contributed by atoms with Crippen LogP contribution in [0.5, 0.6) is 0 Å². The molecule has 0 amide bonds. The lowest BCUT2D eigenvalue weighted by Gasteiger charge is -2.42. The van der Waals surface area contributed by atoms with Gasteiger partial charge in [0.25, 0.3) is 0 Å². The molecule has 104 valence electrons. The van der Waals surface area contributed by atoms with Gasteiger partial charge in [-0.2, -0.15) is 0 Å². The first-order chi connectivity index (χ1) is 9.16. The third-order valence-electron chi connectivity index (χ3n) is 5.70. The summed E-state index contributed by atoms with van der Waals surface area (Å²) in [5.74, 6) is 0. The fourth-order valence-electron chi connectivity index (χ4n) is 4.16. The SMILES string of the molecule is CCc1ccc(C2(O)CCC3(CCCC3)CC2)cc1. The molecular weight excluding hydrogens is 232 g/mol. The van der Waals surface area contributed by atoms with Crippen LogP contribution in [-0.2, 0) is 12.0 Å². The molecule has 0 bridgehead atoms. The van der Waals surface area contributed by atoms with Crippen LogP contribution in [0.15, 0.2) is 24.3 Å². The first-order valence-electron chi connectivity index (χ1n) is 7.98. The molecule has 2 saturated carbocycles. The molecule has 1 aromatic carbocycles. The molecule has 1 aromatic rings. The first kappa shape index (κ1) is 13.2. The lowest BCUT2D eigenvalue weighted by molar-refractivity contribution is -0.0376. The van der Waals surface area contributed by atoms with Crippen LogP contribution >= 0.6 is 0 Å². The van der Waals surface area contributed by atoms with Crippen molar-refractivity contribution < 1.29 is 5.11 Å². The molecule has 1 nitrogen and oxygen atoms in total. The molecule has 2 aliphatic rings. The third-order valence-corrected chi connectivity index (χ3v) is 5.70. The van der Waals surface area contributed by atoms with Gasteiger partial charge >= 0.3 is 0 Å². The maximum absolute atomic E-state index is 10.9. The Morgan fingerprint density at radius 2 is 1.47 bits per heavy atom. The second-order valence-electron chi connectivity index (χ2n) is 6.79. The molecule has 0 aliphatic heterocycles. The topological polar surface area (TPSA) is 20.2 Å². The van der Waals surface area contributed by atoms with Crippen LogP contribution in [0.1, 0.15) is 69.4 Å². The minimum Gasteiger partial charge on any atom is -0.385 e. The van der Waals surface area contributed by atoms with E-state index in [0.717, 1.165) is 24.8 Å². The number of aryl methyl sites for hydroxylation is 1. The number of hydrogen-bond donors (Lipinski definition) is 1. The van der Waals surface area contributed by atoms with Gasteiger partial charge in [-0.3, -0.25) is 0 Å². The quantitative estimate of drug-likeness (QED) is 0.823. The zero-order valence-electron chi connectivity index (χ0n) is 12.1. The molecule has 0 unspecified atom stereocenters. The summed E-state index contributed by atoms with van der Waals surface area (Å²) in [6.45, 7) is 2.17. The molecule has 1 spiro atoms. The highest BCUT2D eigenvalue weighted by Gasteiger charge is 2.43. The van der Waals surface area contributed by atoms with Gasteiger partial charge in [0.15, 0.2) is 0 Å². The van der Waals surface area contributed by atoms with Gasteiger partial charge in [0.05, 0.1) is 5.60 Å². The summed E-state index contributed by atoms with van der Waals surface area (Å²) in [5, 5.41) is 10.9. The van der Waals surface area contributed by atoms with Gasteiger partial charge in [-0.25, -0.2) is 0 Å². The standard InChI is InChI=1S/C18H26O/c1-2-15-5-7-16(8-6-15)18(19)13-11-17(12-14-18)9-3-4-10-17/h5-8,19H,2-4,9-14H2,1H3. The summed E-state index contributed by atoms with van der Waals surface area (Å²) >= 11 is 0. The normalized spacial score (nSPS) is 24.7. The highest BCUT2D eigenvalue weighted by atomic mass is 16.3. The van der Waals surface area contributed by atoms with Crippen molar-refractivity contribution in [2.75, 3.05) is 0 Å². The summed E-state index contributed by atoms with van der Waals surface area (Å²) in [7, 11) is 0. The number of hydrogen-bond acceptors (Lipinski definition) is 1. The van der Waals surface area contributed by atoms with Crippen LogP contribution in [0, 0.1) is 5.41 Å². The Bertz CT molecular complexity index is 416. The van der Waals surface area contributed by atoms with Crippen molar-refractivity contribution in [2.24, 2.45) is 5.41 Å². The van der Waals surface area contributed by atoms with Gasteiger partial charge in [0.2, 0.25) is 0 Å². The van der Waals surface area contributed by atoms with Crippen molar-refractivity contribution in [3.8, 4) is 0 Å². The molecule has 19 heavy (non-hydrogen) atoms. The van der Waals surface area contributed by atoms with Crippen molar-refractivity contribution in [2.45, 2.75) is 70.3 Å². The Balaban J connectivity index is 1.73. The predicted molar refractivity (Wildman–Crippen MR) is 79.1 cm³/mol. The van der Waals surface area contributed by atoms with E-state index in [1.807, 2.05) is 0 Å². The van der Waals surface area contributed by atoms with E-state index >= 15 is 0 Å². The molecular formula is C18H26O. The average molecular weight is 258 g/mol. The Labute approximate surface area is 117 Å². The molecule has 2 fully saturated rings. The van der Waals surface area contributed by atoms with Gasteiger partial charge in [0.1, 0.15) is 0 Å². The largest absolute Gasteiger partial charge is 0.385 e. The molecule has 2 aliphatic carbocycles. The molecule has 0 saturated heterocycles. The van der Waals surface area contributed by atoms with Crippen LogP contribution in [0.2, 0.25) is 0 Å². The van der Waals surface area contributed by atoms with E-state index in [-0.39, 0.29) is 0 Å². The second-order valence-corrected chi connectivity index (χ2v) is 6.79. The van der Waals surface area contributed by atoms with Crippen molar-refractivity contribution in [3.63, 3.8) is 0 Å². The van der Waals surface area contributed by atoms with E-state index in [0.29, 0.717) is 5.41 Å². The molecule has 1 N–H and O–H groups in total. The summed E-state index contributed by atoms with van der Waals surface area (Å²) < 4.78 is 0. The monoisotopic (exact) mass is 258 g/mol. The van der Waals surface area contributed by atoms with Crippen LogP contribution in [0.4, 0.5) is 0 Å². The minimum atomic E-state index is -0.555. The highest BCUT2D eigenvalue weighted by Crippen LogP contribution is 2.53. The van der Waals surface area contributed by atoms with E-state index in [2.05, 4.69) is 31.2 Å². The zero-order valence-corrected chi connectivity index (χ0v) is 12.1. The minimum absolute atomic E-state index is 0.555. The predicted octanol–water partition coefficient (Wildman–Crippen LogP) is 4.57. The molecule has 0 aromatic heterocycles. The van der Waals surface area contributed by atoms with E-state index < -0.39 is 5.60 Å². The summed E-state index contributed by atoms with van der Waals surface area (Å²) in [4.78, 5) is 0. The lowest BCUT2D eigenvalue weighted by atomic mass is 9.66.